The number of pyridine rings is 1. The zero-order valence-electron chi connectivity index (χ0n) is 31.5. The Morgan fingerprint density at radius 1 is 1.05 bits per heavy atom. The van der Waals surface area contributed by atoms with E-state index in [-0.39, 0.29) is 63.6 Å². The van der Waals surface area contributed by atoms with Gasteiger partial charge in [-0.25, -0.2) is 22.8 Å². The Morgan fingerprint density at radius 3 is 2.59 bits per heavy atom. The van der Waals surface area contributed by atoms with Crippen molar-refractivity contribution in [2.45, 2.75) is 69.1 Å². The molecule has 298 valence electrons. The first-order valence-corrected chi connectivity index (χ1v) is 19.3. The first kappa shape index (κ1) is 37.4. The van der Waals surface area contributed by atoms with Crippen LogP contribution in [0.2, 0.25) is 0 Å². The molecule has 2 aromatic heterocycles. The maximum atomic E-state index is 17.1. The minimum atomic E-state index is -1.15. The molecule has 1 amide bonds. The normalized spacial score (nSPS) is 23.2. The summed E-state index contributed by atoms with van der Waals surface area (Å²) in [5.41, 5.74) is -0.613. The Morgan fingerprint density at radius 2 is 1.83 bits per heavy atom. The minimum absolute atomic E-state index is 0.0683. The quantitative estimate of drug-likeness (QED) is 0.102. The number of aromatic hydroxyl groups is 1. The number of aromatic nitrogens is 3. The predicted octanol–water partition coefficient (Wildman–Crippen LogP) is 6.76. The number of esters is 1. The number of terminal acetylenes is 1. The number of carbonyl (C=O) groups excluding carboxylic acids is 2. The van der Waals surface area contributed by atoms with Gasteiger partial charge in [-0.15, -0.1) is 6.42 Å². The van der Waals surface area contributed by atoms with Gasteiger partial charge in [0.1, 0.15) is 41.4 Å². The Labute approximate surface area is 331 Å². The van der Waals surface area contributed by atoms with Crippen molar-refractivity contribution in [3.05, 3.63) is 83.6 Å². The number of carbonyl (C=O) groups is 2. The van der Waals surface area contributed by atoms with E-state index in [0.717, 1.165) is 19.4 Å². The highest BCUT2D eigenvalue weighted by molar-refractivity contribution is 6.03. The van der Waals surface area contributed by atoms with Gasteiger partial charge >= 0.3 is 18.1 Å². The van der Waals surface area contributed by atoms with Crippen LogP contribution in [-0.2, 0) is 9.47 Å². The lowest BCUT2D eigenvalue weighted by atomic mass is 9.95. The molecule has 3 unspecified atom stereocenters. The maximum Gasteiger partial charge on any atom is 0.413 e. The van der Waals surface area contributed by atoms with Gasteiger partial charge in [0.05, 0.1) is 34.1 Å². The van der Waals surface area contributed by atoms with E-state index in [4.69, 9.17) is 25.6 Å². The highest BCUT2D eigenvalue weighted by atomic mass is 19.1. The summed E-state index contributed by atoms with van der Waals surface area (Å²) in [6, 6.07) is 12.9. The molecule has 5 aromatic rings. The van der Waals surface area contributed by atoms with Crippen LogP contribution in [0.3, 0.4) is 0 Å². The highest BCUT2D eigenvalue weighted by Crippen LogP contribution is 2.43. The van der Waals surface area contributed by atoms with Crippen LogP contribution in [0.25, 0.3) is 32.9 Å². The summed E-state index contributed by atoms with van der Waals surface area (Å²) in [6.45, 7) is 3.23. The molecule has 0 aliphatic carbocycles. The van der Waals surface area contributed by atoms with Gasteiger partial charge in [0.15, 0.2) is 5.82 Å². The number of benzene rings is 3. The summed E-state index contributed by atoms with van der Waals surface area (Å²) in [5.74, 6) is 0.283. The number of fused-ring (bicyclic) bond motifs is 5. The monoisotopic (exact) mass is 792 g/mol. The van der Waals surface area contributed by atoms with Crippen molar-refractivity contribution in [2.24, 2.45) is 0 Å². The number of ether oxygens (including phenoxy) is 3. The van der Waals surface area contributed by atoms with Crippen molar-refractivity contribution in [2.75, 3.05) is 37.7 Å². The van der Waals surface area contributed by atoms with Crippen LogP contribution in [0.1, 0.15) is 54.9 Å². The fourth-order valence-corrected chi connectivity index (χ4v) is 9.31. The van der Waals surface area contributed by atoms with E-state index >= 15 is 4.39 Å². The van der Waals surface area contributed by atoms with Gasteiger partial charge in [0.25, 0.3) is 0 Å². The number of phenols is 1. The molecule has 1 N–H and O–H groups in total. The van der Waals surface area contributed by atoms with Gasteiger partial charge < -0.3 is 24.2 Å². The van der Waals surface area contributed by atoms with Gasteiger partial charge in [-0.2, -0.15) is 9.97 Å². The summed E-state index contributed by atoms with van der Waals surface area (Å²) >= 11 is 0. The molecule has 2 bridgehead atoms. The van der Waals surface area contributed by atoms with Crippen LogP contribution in [0.15, 0.2) is 60.8 Å². The number of piperazine rings is 1. The zero-order valence-corrected chi connectivity index (χ0v) is 31.5. The summed E-state index contributed by atoms with van der Waals surface area (Å²) in [7, 11) is 0. The van der Waals surface area contributed by atoms with Gasteiger partial charge in [-0.1, -0.05) is 30.2 Å². The third kappa shape index (κ3) is 6.54. The van der Waals surface area contributed by atoms with E-state index < -0.39 is 41.7 Å². The molecule has 58 heavy (non-hydrogen) atoms. The van der Waals surface area contributed by atoms with Crippen molar-refractivity contribution in [3.8, 4) is 35.4 Å². The van der Waals surface area contributed by atoms with Crippen molar-refractivity contribution in [3.63, 3.8) is 0 Å². The van der Waals surface area contributed by atoms with Crippen molar-refractivity contribution in [1.82, 2.24) is 24.8 Å². The number of phenolic OH excluding ortho intramolecular Hbond substituents is 1. The minimum Gasteiger partial charge on any atom is -0.508 e. The Hall–Kier alpha value is -6.14. The molecule has 9 rings (SSSR count). The van der Waals surface area contributed by atoms with Gasteiger partial charge in [0, 0.05) is 50.1 Å². The molecule has 12 nitrogen and oxygen atoms in total. The van der Waals surface area contributed by atoms with E-state index in [1.54, 1.807) is 35.2 Å². The Kier molecular flexibility index (Phi) is 9.46. The van der Waals surface area contributed by atoms with Gasteiger partial charge in [0.2, 0.25) is 6.29 Å². The van der Waals surface area contributed by atoms with Crippen LogP contribution in [0, 0.1) is 24.0 Å². The first-order valence-electron chi connectivity index (χ1n) is 19.3. The molecule has 0 saturated carbocycles. The molecule has 4 fully saturated rings. The number of nitrogens with zero attached hydrogens (tertiary/aromatic N) is 6. The Balaban J connectivity index is 1.05. The van der Waals surface area contributed by atoms with Crippen molar-refractivity contribution >= 4 is 39.6 Å². The fourth-order valence-electron chi connectivity index (χ4n) is 9.31. The lowest BCUT2D eigenvalue weighted by molar-refractivity contribution is -0.0729. The van der Waals surface area contributed by atoms with E-state index in [1.807, 2.05) is 4.90 Å². The van der Waals surface area contributed by atoms with Crippen molar-refractivity contribution < 1.29 is 42.1 Å². The molecular weight excluding hydrogens is 754 g/mol. The van der Waals surface area contributed by atoms with E-state index in [0.29, 0.717) is 55.7 Å². The maximum absolute atomic E-state index is 17.1. The zero-order chi connectivity index (χ0) is 40.3. The van der Waals surface area contributed by atoms with E-state index in [2.05, 4.69) is 20.8 Å². The van der Waals surface area contributed by atoms with Gasteiger partial charge in [-0.3, -0.25) is 14.8 Å². The number of anilines is 1. The summed E-state index contributed by atoms with van der Waals surface area (Å²) in [5, 5.41) is 11.5. The van der Waals surface area contributed by atoms with E-state index in [9.17, 15) is 23.5 Å². The molecule has 3 aromatic carbocycles. The predicted molar refractivity (Wildman–Crippen MR) is 207 cm³/mol. The highest BCUT2D eigenvalue weighted by Gasteiger charge is 2.50. The second-order valence-electron chi connectivity index (χ2n) is 15.5. The molecule has 4 aliphatic heterocycles. The summed E-state index contributed by atoms with van der Waals surface area (Å²) in [6.07, 6.45) is 7.61. The molecule has 0 radical (unpaired) electrons. The Bertz CT molecular complexity index is 2490. The number of hydrogen-bond acceptors (Lipinski definition) is 11. The summed E-state index contributed by atoms with van der Waals surface area (Å²) in [4.78, 5) is 45.6. The lowest BCUT2D eigenvalue weighted by Gasteiger charge is -2.41. The van der Waals surface area contributed by atoms with E-state index in [1.165, 1.54) is 37.4 Å². The lowest BCUT2D eigenvalue weighted by Crippen LogP contribution is -2.56. The number of hydrogen-bond donors (Lipinski definition) is 1. The largest absolute Gasteiger partial charge is 0.508 e. The number of alkyl halides is 1. The van der Waals surface area contributed by atoms with Crippen LogP contribution in [0.5, 0.6) is 11.8 Å². The van der Waals surface area contributed by atoms with Gasteiger partial charge in [-0.05, 0) is 67.9 Å². The molecule has 4 aliphatic rings. The number of halogens is 3. The van der Waals surface area contributed by atoms with Crippen LogP contribution in [-0.4, -0.2) is 105 Å². The molecule has 6 heterocycles. The average molecular weight is 793 g/mol. The fraction of sp³-hybridized carbons (Fsp3) is 0.372. The molecule has 4 saturated heterocycles. The molecule has 0 spiro atoms. The molecule has 15 heteroatoms. The van der Waals surface area contributed by atoms with Crippen molar-refractivity contribution in [1.29, 1.82) is 0 Å². The second-order valence-corrected chi connectivity index (χ2v) is 15.5. The first-order chi connectivity index (χ1) is 28.0. The standard InChI is InChI=1S/C43H39F3N6O6/c1-3-31-34(45)13-10-26-16-30(53)17-32(35(26)31)37-36(46)38-33(19-47-37)39(49-41(48-38)56-23-43-14-7-15-51(43)20-27(44)18-43)50-21-28-11-12-29(22-50)52(28)42(55)58-24(2)57-40(54)25-8-5-4-6-9-25/h1,4-6,8-10,13,16-17,19,24,27-29,53H,7,11-12,14-15,18,20-23H2,2H3/t24?,27-,28?,29?,43+/m1/s1. The SMILES string of the molecule is C#Cc1c(F)ccc2cc(O)cc(-c3ncc4c(N5CC6CCC(C5)N6C(=O)OC(C)OC(=O)c5ccccc5)nc(OC[C@@]56CCCN5C[C@H](F)C6)nc4c3F)c12. The second kappa shape index (κ2) is 14.7. The van der Waals surface area contributed by atoms with Crippen LogP contribution >= 0.6 is 0 Å². The topological polar surface area (TPSA) is 130 Å². The molecular formula is C43H39F3N6O6. The molecule has 5 atom stereocenters. The summed E-state index contributed by atoms with van der Waals surface area (Å²) < 4.78 is 64.0. The number of amides is 1. The smallest absolute Gasteiger partial charge is 0.413 e. The third-order valence-corrected chi connectivity index (χ3v) is 11.9. The average Bonchev–Trinajstić information content (AvgIpc) is 3.83. The third-order valence-electron chi connectivity index (χ3n) is 11.9. The van der Waals surface area contributed by atoms with Crippen LogP contribution < -0.4 is 9.64 Å². The van der Waals surface area contributed by atoms with Crippen LogP contribution in [0.4, 0.5) is 23.8 Å². The number of rotatable bonds is 8.